The number of imidazole rings is 1. The topological polar surface area (TPSA) is 139 Å². The van der Waals surface area contributed by atoms with E-state index >= 15 is 0 Å². The SMILES string of the molecule is CC(C)[N-]C(C)C.Cc1[nH]cnc1CC(C)(C)C(=O)c1cn(C)c2ccccc12.O=C(O)C=CC(=O)O.[Li+]. The maximum absolute atomic E-state index is 13.1. The second-order valence-electron chi connectivity index (χ2n) is 9.88. The molecule has 0 amide bonds. The molecule has 9 nitrogen and oxygen atoms in total. The standard InChI is InChI=1S/C18H21N3O.C6H14N.C4H4O4.Li/c1-12-15(20-11-19-12)9-18(2,3)17(22)14-10-21(4)16-8-6-5-7-13(14)16;1-5(2)7-6(3)4;5-3(6)1-2-4(7)8;/h5-8,10-11H,9H2,1-4H3,(H,19,20);5-6H,1-4H3;1-2H,(H,5,6)(H,7,8);/q;-1;;+1. The van der Waals surface area contributed by atoms with Crippen LogP contribution in [0.25, 0.3) is 16.2 Å². The van der Waals surface area contributed by atoms with Crippen LogP contribution in [-0.4, -0.2) is 54.6 Å². The Morgan fingerprint density at radius 2 is 1.58 bits per heavy atom. The molecule has 3 rings (SSSR count). The van der Waals surface area contributed by atoms with Gasteiger partial charge in [0.15, 0.2) is 5.78 Å². The second kappa shape index (κ2) is 16.0. The Labute approximate surface area is 236 Å². The van der Waals surface area contributed by atoms with Gasteiger partial charge in [-0.1, -0.05) is 59.7 Å². The molecule has 202 valence electrons. The molecule has 0 radical (unpaired) electrons. The van der Waals surface area contributed by atoms with Crippen LogP contribution in [0, 0.1) is 12.3 Å². The molecular formula is C28H39LiN4O5. The van der Waals surface area contributed by atoms with E-state index in [0.29, 0.717) is 30.7 Å². The molecule has 0 bridgehead atoms. The molecule has 38 heavy (non-hydrogen) atoms. The van der Waals surface area contributed by atoms with Gasteiger partial charge in [-0.15, -0.1) is 12.1 Å². The maximum atomic E-state index is 13.1. The number of aromatic amines is 1. The molecule has 0 unspecified atom stereocenters. The van der Waals surface area contributed by atoms with E-state index in [-0.39, 0.29) is 24.6 Å². The van der Waals surface area contributed by atoms with E-state index in [1.165, 1.54) is 0 Å². The van der Waals surface area contributed by atoms with Crippen LogP contribution in [-0.2, 0) is 23.1 Å². The molecule has 10 heteroatoms. The van der Waals surface area contributed by atoms with E-state index in [1.807, 2.05) is 62.8 Å². The number of Topliss-reactive ketones (excluding diaryl/α,β-unsaturated/α-hetero) is 1. The van der Waals surface area contributed by atoms with Gasteiger partial charge in [0, 0.05) is 59.4 Å². The van der Waals surface area contributed by atoms with Crippen molar-refractivity contribution in [2.24, 2.45) is 12.5 Å². The number of carbonyl (C=O) groups excluding carboxylic acids is 1. The van der Waals surface area contributed by atoms with Crippen molar-refractivity contribution in [3.8, 4) is 0 Å². The fourth-order valence-corrected chi connectivity index (χ4v) is 3.69. The number of aliphatic carboxylic acids is 2. The molecule has 0 saturated heterocycles. The van der Waals surface area contributed by atoms with Gasteiger partial charge >= 0.3 is 30.8 Å². The number of hydrogen-bond acceptors (Lipinski definition) is 4. The number of para-hydroxylation sites is 1. The van der Waals surface area contributed by atoms with Crippen LogP contribution in [0.2, 0.25) is 0 Å². The van der Waals surface area contributed by atoms with Gasteiger partial charge in [0.1, 0.15) is 0 Å². The van der Waals surface area contributed by atoms with Crippen molar-refractivity contribution in [2.45, 2.75) is 67.0 Å². The van der Waals surface area contributed by atoms with Crippen molar-refractivity contribution < 1.29 is 43.5 Å². The van der Waals surface area contributed by atoms with Crippen molar-refractivity contribution in [3.63, 3.8) is 0 Å². The first-order valence-electron chi connectivity index (χ1n) is 12.1. The first-order valence-corrected chi connectivity index (χ1v) is 12.1. The van der Waals surface area contributed by atoms with Crippen molar-refractivity contribution in [3.05, 3.63) is 71.2 Å². The summed E-state index contributed by atoms with van der Waals surface area (Å²) in [5.74, 6) is -2.36. The van der Waals surface area contributed by atoms with Crippen LogP contribution < -0.4 is 18.9 Å². The predicted octanol–water partition coefficient (Wildman–Crippen LogP) is 2.55. The molecule has 3 N–H and O–H groups in total. The molecular weight excluding hydrogens is 479 g/mol. The van der Waals surface area contributed by atoms with Crippen LogP contribution in [0.3, 0.4) is 0 Å². The monoisotopic (exact) mass is 518 g/mol. The molecule has 0 spiro atoms. The smallest absolute Gasteiger partial charge is 0.658 e. The number of aryl methyl sites for hydroxylation is 2. The van der Waals surface area contributed by atoms with Crippen molar-refractivity contribution >= 4 is 28.6 Å². The number of nitrogens with one attached hydrogen (secondary N) is 1. The van der Waals surface area contributed by atoms with Crippen LogP contribution in [0.5, 0.6) is 0 Å². The van der Waals surface area contributed by atoms with Crippen molar-refractivity contribution in [2.75, 3.05) is 0 Å². The molecule has 1 aromatic carbocycles. The first-order chi connectivity index (χ1) is 17.2. The summed E-state index contributed by atoms with van der Waals surface area (Å²) in [6.07, 6.45) is 5.37. The number of benzene rings is 1. The third kappa shape index (κ3) is 11.5. The predicted molar refractivity (Wildman–Crippen MR) is 146 cm³/mol. The Hall–Kier alpha value is -3.12. The van der Waals surface area contributed by atoms with Crippen LogP contribution in [0.1, 0.15) is 63.3 Å². The third-order valence-corrected chi connectivity index (χ3v) is 5.26. The zero-order valence-electron chi connectivity index (χ0n) is 23.9. The summed E-state index contributed by atoms with van der Waals surface area (Å²) < 4.78 is 2.01. The molecule has 0 aliphatic heterocycles. The molecule has 2 aromatic heterocycles. The molecule has 0 aliphatic rings. The fraction of sp³-hybridized carbons (Fsp3) is 0.429. The Kier molecular flexibility index (Phi) is 14.7. The Morgan fingerprint density at radius 1 is 1.05 bits per heavy atom. The summed E-state index contributed by atoms with van der Waals surface area (Å²) in [5, 5.41) is 20.9. The summed E-state index contributed by atoms with van der Waals surface area (Å²) >= 11 is 0. The van der Waals surface area contributed by atoms with Crippen molar-refractivity contribution in [1.29, 1.82) is 0 Å². The van der Waals surface area contributed by atoms with Gasteiger partial charge < -0.3 is 25.1 Å². The van der Waals surface area contributed by atoms with E-state index in [4.69, 9.17) is 10.2 Å². The average Bonchev–Trinajstić information content (AvgIpc) is 3.34. The van der Waals surface area contributed by atoms with Crippen LogP contribution >= 0.6 is 0 Å². The summed E-state index contributed by atoms with van der Waals surface area (Å²) in [7, 11) is 1.98. The Bertz CT molecular complexity index is 1200. The van der Waals surface area contributed by atoms with E-state index in [2.05, 4.69) is 43.0 Å². The Morgan fingerprint density at radius 3 is 2.00 bits per heavy atom. The largest absolute Gasteiger partial charge is 1.00 e. The molecule has 0 fully saturated rings. The van der Waals surface area contributed by atoms with Gasteiger partial charge in [-0.3, -0.25) is 4.79 Å². The van der Waals surface area contributed by atoms with E-state index in [0.717, 1.165) is 27.9 Å². The summed E-state index contributed by atoms with van der Waals surface area (Å²) in [6, 6.07) is 9.02. The Balaban J connectivity index is 0.000000713. The number of carboxylic acids is 2. The van der Waals surface area contributed by atoms with Gasteiger partial charge in [0.2, 0.25) is 0 Å². The van der Waals surface area contributed by atoms with Crippen LogP contribution in [0.4, 0.5) is 0 Å². The van der Waals surface area contributed by atoms with E-state index in [1.54, 1.807) is 6.33 Å². The van der Waals surface area contributed by atoms with Gasteiger partial charge in [-0.2, -0.15) is 0 Å². The zero-order chi connectivity index (χ0) is 28.3. The quantitative estimate of drug-likeness (QED) is 0.238. The normalized spacial score (nSPS) is 11.0. The minimum Gasteiger partial charge on any atom is -0.658 e. The van der Waals surface area contributed by atoms with Gasteiger partial charge in [-0.25, -0.2) is 14.6 Å². The van der Waals surface area contributed by atoms with Crippen molar-refractivity contribution in [1.82, 2.24) is 14.5 Å². The number of nitrogens with zero attached hydrogens (tertiary/aromatic N) is 3. The number of aromatic nitrogens is 3. The molecule has 0 atom stereocenters. The third-order valence-electron chi connectivity index (χ3n) is 5.26. The van der Waals surface area contributed by atoms with Crippen LogP contribution in [0.15, 0.2) is 48.9 Å². The number of H-pyrrole nitrogens is 1. The average molecular weight is 519 g/mol. The number of carbonyl (C=O) groups is 3. The molecule has 2 heterocycles. The number of rotatable bonds is 8. The van der Waals surface area contributed by atoms with E-state index < -0.39 is 17.4 Å². The number of carboxylic acid groups (broad SMARTS) is 2. The zero-order valence-corrected chi connectivity index (χ0v) is 23.9. The van der Waals surface area contributed by atoms with Gasteiger partial charge in [-0.05, 0) is 13.0 Å². The number of ketones is 1. The second-order valence-corrected chi connectivity index (χ2v) is 9.88. The molecule has 0 aliphatic carbocycles. The minimum absolute atomic E-state index is 0. The summed E-state index contributed by atoms with van der Waals surface area (Å²) in [6.45, 7) is 14.4. The van der Waals surface area contributed by atoms with E-state index in [9.17, 15) is 14.4 Å². The van der Waals surface area contributed by atoms with Gasteiger partial charge in [0.05, 0.1) is 12.0 Å². The fourth-order valence-electron chi connectivity index (χ4n) is 3.69. The minimum atomic E-state index is -1.26. The number of fused-ring (bicyclic) bond motifs is 1. The number of hydrogen-bond donors (Lipinski definition) is 3. The summed E-state index contributed by atoms with van der Waals surface area (Å²) in [4.78, 5) is 39.6. The van der Waals surface area contributed by atoms with Gasteiger partial charge in [0.25, 0.3) is 0 Å². The summed E-state index contributed by atoms with van der Waals surface area (Å²) in [5.41, 5.74) is 3.36. The molecule has 0 saturated carbocycles. The molecule has 3 aromatic rings. The first kappa shape index (κ1) is 34.9. The maximum Gasteiger partial charge on any atom is 1.00 e.